The van der Waals surface area contributed by atoms with Gasteiger partial charge >= 0.3 is 6.09 Å². The van der Waals surface area contributed by atoms with Crippen LogP contribution in [0.5, 0.6) is 0 Å². The van der Waals surface area contributed by atoms with Gasteiger partial charge in [-0.2, -0.15) is 5.26 Å². The van der Waals surface area contributed by atoms with E-state index in [-0.39, 0.29) is 0 Å². The van der Waals surface area contributed by atoms with Gasteiger partial charge in [0.25, 0.3) is 0 Å². The van der Waals surface area contributed by atoms with E-state index >= 15 is 0 Å². The van der Waals surface area contributed by atoms with Crippen LogP contribution in [0.2, 0.25) is 0 Å². The molecule has 1 aromatic rings. The number of carbonyl (C=O) groups is 1. The molecule has 1 heterocycles. The molecule has 7 heteroatoms. The van der Waals surface area contributed by atoms with Crippen molar-refractivity contribution in [3.63, 3.8) is 0 Å². The quantitative estimate of drug-likeness (QED) is 0.803. The smallest absolute Gasteiger partial charge is 0.426 e. The summed E-state index contributed by atoms with van der Waals surface area (Å²) in [5.74, 6) is 0.395. The number of hydrogen-bond donors (Lipinski definition) is 2. The van der Waals surface area contributed by atoms with E-state index in [1.807, 2.05) is 6.07 Å². The van der Waals surface area contributed by atoms with Gasteiger partial charge in [-0.1, -0.05) is 0 Å². The first-order valence-corrected chi connectivity index (χ1v) is 5.83. The number of hydrazine groups is 1. The maximum Gasteiger partial charge on any atom is 0.426 e. The highest BCUT2D eigenvalue weighted by Gasteiger charge is 2.15. The fourth-order valence-electron chi connectivity index (χ4n) is 1.15. The van der Waals surface area contributed by atoms with Gasteiger partial charge in [-0.3, -0.25) is 10.4 Å². The number of aryl methyl sites for hydroxylation is 1. The molecule has 102 valence electrons. The Balaban J connectivity index is 2.42. The number of aromatic nitrogens is 2. The number of nitrogens with one attached hydrogen (secondary N) is 2. The van der Waals surface area contributed by atoms with Crippen LogP contribution in [0.15, 0.2) is 12.4 Å². The van der Waals surface area contributed by atoms with E-state index in [0.717, 1.165) is 5.69 Å². The van der Waals surface area contributed by atoms with E-state index in [2.05, 4.69) is 20.8 Å². The Morgan fingerprint density at radius 3 is 2.68 bits per heavy atom. The highest BCUT2D eigenvalue weighted by atomic mass is 16.6. The maximum absolute atomic E-state index is 11.4. The van der Waals surface area contributed by atoms with Crippen LogP contribution in [-0.4, -0.2) is 21.7 Å². The summed E-state index contributed by atoms with van der Waals surface area (Å²) in [6, 6.07) is 2.04. The monoisotopic (exact) mass is 263 g/mol. The van der Waals surface area contributed by atoms with Crippen molar-refractivity contribution < 1.29 is 9.53 Å². The largest absolute Gasteiger partial charge is 0.443 e. The lowest BCUT2D eigenvalue weighted by atomic mass is 10.2. The van der Waals surface area contributed by atoms with Crippen molar-refractivity contribution in [1.82, 2.24) is 15.4 Å². The van der Waals surface area contributed by atoms with Crippen LogP contribution in [0.4, 0.5) is 10.6 Å². The second-order valence-electron chi connectivity index (χ2n) is 4.80. The van der Waals surface area contributed by atoms with Crippen molar-refractivity contribution in [2.75, 3.05) is 5.43 Å². The Hall–Kier alpha value is -2.36. The summed E-state index contributed by atoms with van der Waals surface area (Å²) in [6.45, 7) is 5.32. The average Bonchev–Trinajstić information content (AvgIpc) is 2.33. The molecule has 0 bridgehead atoms. The summed E-state index contributed by atoms with van der Waals surface area (Å²) in [5.41, 5.74) is 5.11. The van der Waals surface area contributed by atoms with Crippen molar-refractivity contribution in [3.8, 4) is 6.07 Å². The van der Waals surface area contributed by atoms with Crippen LogP contribution in [0, 0.1) is 11.3 Å². The molecule has 0 spiro atoms. The topological polar surface area (TPSA) is 99.9 Å². The third-order valence-corrected chi connectivity index (χ3v) is 1.89. The first kappa shape index (κ1) is 14.7. The van der Waals surface area contributed by atoms with Gasteiger partial charge in [0.2, 0.25) is 0 Å². The van der Waals surface area contributed by atoms with Gasteiger partial charge in [-0.15, -0.1) is 0 Å². The van der Waals surface area contributed by atoms with Gasteiger partial charge in [0.15, 0.2) is 5.82 Å². The number of carbonyl (C=O) groups excluding carboxylic acids is 1. The van der Waals surface area contributed by atoms with E-state index in [4.69, 9.17) is 10.00 Å². The van der Waals surface area contributed by atoms with Crippen LogP contribution >= 0.6 is 0 Å². The third kappa shape index (κ3) is 6.21. The Bertz CT molecular complexity index is 458. The highest BCUT2D eigenvalue weighted by molar-refractivity contribution is 5.69. The summed E-state index contributed by atoms with van der Waals surface area (Å²) in [7, 11) is 0. The van der Waals surface area contributed by atoms with Crippen molar-refractivity contribution in [3.05, 3.63) is 18.1 Å². The number of anilines is 1. The van der Waals surface area contributed by atoms with Crippen molar-refractivity contribution in [2.45, 2.75) is 39.2 Å². The Kier molecular flexibility index (Phi) is 5.06. The molecule has 0 unspecified atom stereocenters. The van der Waals surface area contributed by atoms with Gasteiger partial charge < -0.3 is 4.74 Å². The minimum absolute atomic E-state index is 0.395. The Morgan fingerprint density at radius 2 is 2.16 bits per heavy atom. The number of amides is 1. The van der Waals surface area contributed by atoms with Gasteiger partial charge in [0.05, 0.1) is 24.2 Å². The zero-order chi connectivity index (χ0) is 14.3. The van der Waals surface area contributed by atoms with Crippen LogP contribution in [0.1, 0.15) is 32.9 Å². The van der Waals surface area contributed by atoms with Gasteiger partial charge in [0.1, 0.15) is 5.60 Å². The second-order valence-corrected chi connectivity index (χ2v) is 4.80. The zero-order valence-corrected chi connectivity index (χ0v) is 11.2. The molecule has 0 fully saturated rings. The number of nitrogens with zero attached hydrogens (tertiary/aromatic N) is 3. The molecule has 19 heavy (non-hydrogen) atoms. The summed E-state index contributed by atoms with van der Waals surface area (Å²) < 4.78 is 5.04. The zero-order valence-electron chi connectivity index (χ0n) is 11.2. The second kappa shape index (κ2) is 6.54. The summed E-state index contributed by atoms with van der Waals surface area (Å²) in [4.78, 5) is 19.5. The fourth-order valence-corrected chi connectivity index (χ4v) is 1.15. The lowest BCUT2D eigenvalue weighted by Crippen LogP contribution is -2.36. The molecule has 7 nitrogen and oxygen atoms in total. The minimum atomic E-state index is -0.595. The van der Waals surface area contributed by atoms with E-state index in [0.29, 0.717) is 18.7 Å². The van der Waals surface area contributed by atoms with E-state index in [9.17, 15) is 4.79 Å². The van der Waals surface area contributed by atoms with Crippen LogP contribution in [0.25, 0.3) is 0 Å². The summed E-state index contributed by atoms with van der Waals surface area (Å²) in [5, 5.41) is 8.45. The number of rotatable bonds is 4. The first-order valence-electron chi connectivity index (χ1n) is 5.83. The van der Waals surface area contributed by atoms with Crippen molar-refractivity contribution in [1.29, 1.82) is 5.26 Å². The molecular weight excluding hydrogens is 246 g/mol. The molecular formula is C12H17N5O2. The highest BCUT2D eigenvalue weighted by Crippen LogP contribution is 2.07. The number of nitriles is 1. The molecule has 2 N–H and O–H groups in total. The molecule has 0 saturated heterocycles. The van der Waals surface area contributed by atoms with Gasteiger partial charge in [-0.05, 0) is 20.8 Å². The molecule has 0 atom stereocenters. The molecule has 1 aromatic heterocycles. The van der Waals surface area contributed by atoms with Crippen LogP contribution < -0.4 is 10.9 Å². The third-order valence-electron chi connectivity index (χ3n) is 1.89. The molecule has 0 aliphatic heterocycles. The molecule has 0 saturated carbocycles. The standard InChI is InChI=1S/C12H17N5O2/c1-12(2,3)19-11(18)17-16-10-8-14-9(7-15-10)5-4-6-13/h7-8H,4-5H2,1-3H3,(H,15,16)(H,17,18). The van der Waals surface area contributed by atoms with Gasteiger partial charge in [0, 0.05) is 12.8 Å². The van der Waals surface area contributed by atoms with Crippen molar-refractivity contribution in [2.24, 2.45) is 0 Å². The number of hydrogen-bond acceptors (Lipinski definition) is 6. The van der Waals surface area contributed by atoms with Crippen LogP contribution in [-0.2, 0) is 11.2 Å². The maximum atomic E-state index is 11.4. The SMILES string of the molecule is CC(C)(C)OC(=O)NNc1cnc(CCC#N)cn1. The van der Waals surface area contributed by atoms with E-state index in [1.54, 1.807) is 27.0 Å². The van der Waals surface area contributed by atoms with Crippen molar-refractivity contribution >= 4 is 11.9 Å². The fraction of sp³-hybridized carbons (Fsp3) is 0.500. The first-order chi connectivity index (χ1) is 8.90. The molecule has 1 rings (SSSR count). The minimum Gasteiger partial charge on any atom is -0.443 e. The Morgan fingerprint density at radius 1 is 1.42 bits per heavy atom. The summed E-state index contributed by atoms with van der Waals surface area (Å²) in [6.07, 6.45) is 3.39. The number of ether oxygens (including phenoxy) is 1. The molecule has 0 radical (unpaired) electrons. The van der Waals surface area contributed by atoms with E-state index < -0.39 is 11.7 Å². The van der Waals surface area contributed by atoms with E-state index in [1.165, 1.54) is 6.20 Å². The molecule has 1 amide bonds. The predicted molar refractivity (Wildman–Crippen MR) is 69.0 cm³/mol. The summed E-state index contributed by atoms with van der Waals surface area (Å²) >= 11 is 0. The van der Waals surface area contributed by atoms with Gasteiger partial charge in [-0.25, -0.2) is 15.2 Å². The molecule has 0 aromatic carbocycles. The molecule has 0 aliphatic rings. The normalized spacial score (nSPS) is 10.4. The lowest BCUT2D eigenvalue weighted by molar-refractivity contribution is 0.0541. The lowest BCUT2D eigenvalue weighted by Gasteiger charge is -2.19. The average molecular weight is 263 g/mol. The van der Waals surface area contributed by atoms with Crippen LogP contribution in [0.3, 0.4) is 0 Å². The molecule has 0 aliphatic carbocycles. The Labute approximate surface area is 112 Å². The predicted octanol–water partition coefficient (Wildman–Crippen LogP) is 1.78.